The number of carbonyl (C=O) groups is 2. The zero-order valence-corrected chi connectivity index (χ0v) is 6.06. The lowest BCUT2D eigenvalue weighted by Gasteiger charge is -2.36. The van der Waals surface area contributed by atoms with E-state index in [-0.39, 0.29) is 11.8 Å². The van der Waals surface area contributed by atoms with Crippen molar-refractivity contribution in [3.63, 3.8) is 0 Å². The Labute approximate surface area is 64.7 Å². The number of nitrogens with zero attached hydrogens (tertiary/aromatic N) is 1. The van der Waals surface area contributed by atoms with Crippen molar-refractivity contribution in [3.05, 3.63) is 12.3 Å². The summed E-state index contributed by atoms with van der Waals surface area (Å²) in [4.78, 5) is 22.7. The van der Waals surface area contributed by atoms with Crippen LogP contribution in [-0.2, 0) is 9.59 Å². The average molecular weight is 151 g/mol. The van der Waals surface area contributed by atoms with E-state index in [0.29, 0.717) is 18.9 Å². The summed E-state index contributed by atoms with van der Waals surface area (Å²) in [5.74, 6) is 0.463. The van der Waals surface area contributed by atoms with Gasteiger partial charge in [-0.15, -0.1) is 0 Å². The van der Waals surface area contributed by atoms with Gasteiger partial charge >= 0.3 is 0 Å². The van der Waals surface area contributed by atoms with Gasteiger partial charge in [0.25, 0.3) is 0 Å². The van der Waals surface area contributed by atoms with Crippen molar-refractivity contribution in [1.82, 2.24) is 4.90 Å². The number of rotatable bonds is 2. The Morgan fingerprint density at radius 2 is 2.55 bits per heavy atom. The predicted molar refractivity (Wildman–Crippen MR) is 38.6 cm³/mol. The fraction of sp³-hybridized carbons (Fsp3) is 0.500. The van der Waals surface area contributed by atoms with Crippen LogP contribution in [0.25, 0.3) is 0 Å². The lowest BCUT2D eigenvalue weighted by atomic mass is 9.91. The van der Waals surface area contributed by atoms with Gasteiger partial charge in [0.1, 0.15) is 6.29 Å². The summed E-state index contributed by atoms with van der Waals surface area (Å²) in [7, 11) is 0. The van der Waals surface area contributed by atoms with Crippen molar-refractivity contribution in [2.75, 3.05) is 0 Å². The van der Waals surface area contributed by atoms with Gasteiger partial charge in [-0.3, -0.25) is 4.79 Å². The summed E-state index contributed by atoms with van der Waals surface area (Å²) in [5, 5.41) is 0. The molecule has 2 heterocycles. The second-order valence-corrected chi connectivity index (χ2v) is 2.98. The van der Waals surface area contributed by atoms with Crippen molar-refractivity contribution >= 4 is 12.2 Å². The molecule has 1 fully saturated rings. The molecule has 2 aliphatic heterocycles. The van der Waals surface area contributed by atoms with Crippen LogP contribution in [0.2, 0.25) is 0 Å². The smallest absolute Gasteiger partial charge is 0.228 e. The minimum atomic E-state index is 0.180. The van der Waals surface area contributed by atoms with E-state index in [9.17, 15) is 9.59 Å². The van der Waals surface area contributed by atoms with Crippen LogP contribution in [0.4, 0.5) is 0 Å². The van der Waals surface area contributed by atoms with Crippen molar-refractivity contribution in [3.8, 4) is 0 Å². The van der Waals surface area contributed by atoms with Crippen molar-refractivity contribution in [1.29, 1.82) is 0 Å². The molecule has 0 N–H and O–H groups in total. The first-order valence-corrected chi connectivity index (χ1v) is 3.76. The van der Waals surface area contributed by atoms with E-state index in [0.717, 1.165) is 6.29 Å². The molecule has 3 heteroatoms. The molecule has 0 radical (unpaired) electrons. The zero-order valence-electron chi connectivity index (χ0n) is 6.06. The number of aldehydes is 1. The molecule has 0 aromatic heterocycles. The molecule has 0 aromatic rings. The van der Waals surface area contributed by atoms with Gasteiger partial charge in [0.05, 0.1) is 6.04 Å². The van der Waals surface area contributed by atoms with Gasteiger partial charge < -0.3 is 9.69 Å². The summed E-state index contributed by atoms with van der Waals surface area (Å²) in [5.41, 5.74) is 0. The highest BCUT2D eigenvalue weighted by Gasteiger charge is 2.42. The molecule has 1 saturated heterocycles. The normalized spacial score (nSPS) is 33.5. The number of fused-ring (bicyclic) bond motifs is 1. The summed E-state index contributed by atoms with van der Waals surface area (Å²) >= 11 is 0. The van der Waals surface area contributed by atoms with Gasteiger partial charge in [0.2, 0.25) is 5.91 Å². The average Bonchev–Trinajstić information content (AvgIpc) is 2.28. The topological polar surface area (TPSA) is 37.4 Å². The van der Waals surface area contributed by atoms with E-state index >= 15 is 0 Å². The third-order valence-corrected chi connectivity index (χ3v) is 2.39. The van der Waals surface area contributed by atoms with Crippen molar-refractivity contribution < 1.29 is 9.59 Å². The molecule has 2 atom stereocenters. The van der Waals surface area contributed by atoms with Gasteiger partial charge in [-0.25, -0.2) is 0 Å². The van der Waals surface area contributed by atoms with Crippen LogP contribution >= 0.6 is 0 Å². The number of amides is 1. The molecule has 0 bridgehead atoms. The molecule has 0 aliphatic carbocycles. The van der Waals surface area contributed by atoms with Crippen LogP contribution in [-0.4, -0.2) is 23.1 Å². The first kappa shape index (κ1) is 6.58. The first-order chi connectivity index (χ1) is 5.33. The summed E-state index contributed by atoms with van der Waals surface area (Å²) in [6.07, 6.45) is 5.83. The van der Waals surface area contributed by atoms with E-state index in [2.05, 4.69) is 0 Å². The largest absolute Gasteiger partial charge is 0.315 e. The second-order valence-electron chi connectivity index (χ2n) is 2.98. The van der Waals surface area contributed by atoms with Crippen LogP contribution in [0, 0.1) is 5.92 Å². The third kappa shape index (κ3) is 0.803. The lowest BCUT2D eigenvalue weighted by molar-refractivity contribution is -0.141. The molecule has 2 aliphatic rings. The molecule has 3 nitrogen and oxygen atoms in total. The Balaban J connectivity index is 2.04. The van der Waals surface area contributed by atoms with E-state index in [4.69, 9.17) is 0 Å². The molecule has 11 heavy (non-hydrogen) atoms. The number of β-lactam (4-membered cyclic amide) rings is 1. The van der Waals surface area contributed by atoms with Crippen molar-refractivity contribution in [2.45, 2.75) is 18.9 Å². The number of hydrogen-bond acceptors (Lipinski definition) is 2. The number of hydrogen-bond donors (Lipinski definition) is 0. The highest BCUT2D eigenvalue weighted by molar-refractivity contribution is 5.85. The maximum absolute atomic E-state index is 10.8. The molecular formula is C8H9NO2. The van der Waals surface area contributed by atoms with E-state index in [1.807, 2.05) is 6.08 Å². The summed E-state index contributed by atoms with van der Waals surface area (Å²) in [6, 6.07) is 0.299. The highest BCUT2D eigenvalue weighted by Crippen LogP contribution is 2.34. The van der Waals surface area contributed by atoms with Gasteiger partial charge in [0, 0.05) is 25.0 Å². The quantitative estimate of drug-likeness (QED) is 0.421. The van der Waals surface area contributed by atoms with Gasteiger partial charge in [-0.2, -0.15) is 0 Å². The molecule has 0 saturated carbocycles. The number of carbonyl (C=O) groups excluding carboxylic acids is 2. The molecule has 2 rings (SSSR count). The first-order valence-electron chi connectivity index (χ1n) is 3.76. The van der Waals surface area contributed by atoms with Crippen LogP contribution in [0.3, 0.4) is 0 Å². The molecule has 0 aromatic carbocycles. The van der Waals surface area contributed by atoms with E-state index in [1.165, 1.54) is 0 Å². The minimum absolute atomic E-state index is 0.180. The molecule has 1 amide bonds. The zero-order chi connectivity index (χ0) is 7.84. The Morgan fingerprint density at radius 1 is 1.73 bits per heavy atom. The molecule has 58 valence electrons. The van der Waals surface area contributed by atoms with Crippen LogP contribution < -0.4 is 0 Å². The Bertz CT molecular complexity index is 234. The maximum atomic E-state index is 10.8. The lowest BCUT2D eigenvalue weighted by Crippen LogP contribution is -2.49. The molecule has 2 unspecified atom stereocenters. The van der Waals surface area contributed by atoms with Crippen LogP contribution in [0.5, 0.6) is 0 Å². The Hall–Kier alpha value is -1.12. The molecular weight excluding hydrogens is 142 g/mol. The monoisotopic (exact) mass is 151 g/mol. The highest BCUT2D eigenvalue weighted by atomic mass is 16.2. The standard InChI is InChI=1S/C8H9NO2/c10-4-2-6-1-3-9-7(6)5-8(9)11/h1,3-4,6-7H,2,5H2. The third-order valence-electron chi connectivity index (χ3n) is 2.39. The van der Waals surface area contributed by atoms with E-state index in [1.54, 1.807) is 11.1 Å². The Morgan fingerprint density at radius 3 is 3.09 bits per heavy atom. The van der Waals surface area contributed by atoms with E-state index < -0.39 is 0 Å². The predicted octanol–water partition coefficient (Wildman–Crippen LogP) is 0.320. The van der Waals surface area contributed by atoms with Crippen LogP contribution in [0.15, 0.2) is 12.3 Å². The summed E-state index contributed by atoms with van der Waals surface area (Å²) in [6.45, 7) is 0. The van der Waals surface area contributed by atoms with Gasteiger partial charge in [-0.05, 0) is 0 Å². The minimum Gasteiger partial charge on any atom is -0.315 e. The van der Waals surface area contributed by atoms with Crippen molar-refractivity contribution in [2.24, 2.45) is 5.92 Å². The SMILES string of the molecule is O=CCC1C=CN2C(=O)CC12. The second kappa shape index (κ2) is 2.19. The fourth-order valence-corrected chi connectivity index (χ4v) is 1.68. The summed E-state index contributed by atoms with van der Waals surface area (Å²) < 4.78 is 0. The van der Waals surface area contributed by atoms with Gasteiger partial charge in [-0.1, -0.05) is 6.08 Å². The fourth-order valence-electron chi connectivity index (χ4n) is 1.68. The van der Waals surface area contributed by atoms with Gasteiger partial charge in [0.15, 0.2) is 0 Å². The maximum Gasteiger partial charge on any atom is 0.228 e. The molecule has 0 spiro atoms. The Kier molecular flexibility index (Phi) is 1.31. The van der Waals surface area contributed by atoms with Crippen LogP contribution in [0.1, 0.15) is 12.8 Å².